The number of nitrogens with one attached hydrogen (secondary N) is 1. The molecule has 0 spiro atoms. The molecule has 18 heavy (non-hydrogen) atoms. The van der Waals surface area contributed by atoms with E-state index in [1.165, 1.54) is 0 Å². The lowest BCUT2D eigenvalue weighted by Crippen LogP contribution is -2.31. The van der Waals surface area contributed by atoms with Gasteiger partial charge >= 0.3 is 0 Å². The molecule has 0 fully saturated rings. The summed E-state index contributed by atoms with van der Waals surface area (Å²) in [6.07, 6.45) is 0.281. The highest BCUT2D eigenvalue weighted by Gasteiger charge is 2.02. The normalized spacial score (nSPS) is 11.1. The summed E-state index contributed by atoms with van der Waals surface area (Å²) in [4.78, 5) is 11.3. The molecule has 4 N–H and O–H groups in total. The molecular weight excluding hydrogens is 258 g/mol. The highest BCUT2D eigenvalue weighted by Crippen LogP contribution is 2.15. The van der Waals surface area contributed by atoms with Crippen molar-refractivity contribution in [2.75, 3.05) is 13.2 Å². The van der Waals surface area contributed by atoms with Gasteiger partial charge in [0.05, 0.1) is 0 Å². The maximum atomic E-state index is 11.3. The second-order valence-corrected chi connectivity index (χ2v) is 3.87. The summed E-state index contributed by atoms with van der Waals surface area (Å²) in [5.41, 5.74) is 5.24. The monoisotopic (exact) mass is 271 g/mol. The number of nitrogens with zero attached hydrogens (tertiary/aromatic N) is 1. The maximum Gasteiger partial charge on any atom is 0.257 e. The van der Waals surface area contributed by atoms with E-state index < -0.39 is 0 Å². The largest absolute Gasteiger partial charge is 0.484 e. The Kier molecular flexibility index (Phi) is 5.79. The average molecular weight is 272 g/mol. The summed E-state index contributed by atoms with van der Waals surface area (Å²) in [7, 11) is 0. The van der Waals surface area contributed by atoms with Gasteiger partial charge in [-0.1, -0.05) is 16.8 Å². The Morgan fingerprint density at radius 2 is 2.11 bits per heavy atom. The van der Waals surface area contributed by atoms with E-state index in [2.05, 4.69) is 10.5 Å². The topological polar surface area (TPSA) is 96.9 Å². The van der Waals surface area contributed by atoms with E-state index in [0.717, 1.165) is 0 Å². The van der Waals surface area contributed by atoms with Gasteiger partial charge in [-0.3, -0.25) is 4.79 Å². The van der Waals surface area contributed by atoms with Crippen molar-refractivity contribution < 1.29 is 14.7 Å². The number of benzene rings is 1. The van der Waals surface area contributed by atoms with Crippen LogP contribution >= 0.6 is 11.6 Å². The molecule has 7 heteroatoms. The van der Waals surface area contributed by atoms with Gasteiger partial charge in [0.1, 0.15) is 11.6 Å². The molecule has 0 heterocycles. The molecule has 1 aromatic rings. The van der Waals surface area contributed by atoms with Crippen molar-refractivity contribution in [2.45, 2.75) is 6.42 Å². The van der Waals surface area contributed by atoms with Crippen LogP contribution in [0, 0.1) is 0 Å². The van der Waals surface area contributed by atoms with Crippen LogP contribution in [-0.4, -0.2) is 30.1 Å². The first-order valence-electron chi connectivity index (χ1n) is 5.23. The fourth-order valence-corrected chi connectivity index (χ4v) is 1.24. The van der Waals surface area contributed by atoms with Gasteiger partial charge in [0.25, 0.3) is 5.91 Å². The number of halogens is 1. The van der Waals surface area contributed by atoms with E-state index in [1.807, 2.05) is 0 Å². The summed E-state index contributed by atoms with van der Waals surface area (Å²) >= 11 is 5.71. The summed E-state index contributed by atoms with van der Waals surface area (Å²) in [6.45, 7) is 0.191. The van der Waals surface area contributed by atoms with Gasteiger partial charge in [-0.05, 0) is 24.3 Å². The van der Waals surface area contributed by atoms with Crippen LogP contribution in [0.15, 0.2) is 29.4 Å². The van der Waals surface area contributed by atoms with Crippen molar-refractivity contribution >= 4 is 23.3 Å². The molecule has 0 atom stereocenters. The fourth-order valence-electron chi connectivity index (χ4n) is 1.11. The molecule has 1 aromatic carbocycles. The zero-order valence-corrected chi connectivity index (χ0v) is 10.4. The molecular formula is C11H14ClN3O3. The SMILES string of the molecule is N/C(CCNC(=O)COc1ccc(Cl)cc1)=N/O. The lowest BCUT2D eigenvalue weighted by Gasteiger charge is -2.07. The Hall–Kier alpha value is -1.95. The van der Waals surface area contributed by atoms with Gasteiger partial charge in [-0.15, -0.1) is 0 Å². The predicted octanol–water partition coefficient (Wildman–Crippen LogP) is 0.972. The molecule has 0 aliphatic heterocycles. The second-order valence-electron chi connectivity index (χ2n) is 3.43. The van der Waals surface area contributed by atoms with Crippen LogP contribution in [0.25, 0.3) is 0 Å². The Morgan fingerprint density at radius 3 is 2.72 bits per heavy atom. The Bertz CT molecular complexity index is 420. The first kappa shape index (κ1) is 14.1. The Labute approximate surface area is 109 Å². The smallest absolute Gasteiger partial charge is 0.257 e. The van der Waals surface area contributed by atoms with Crippen molar-refractivity contribution in [3.63, 3.8) is 0 Å². The van der Waals surface area contributed by atoms with Gasteiger partial charge < -0.3 is 21.0 Å². The summed E-state index contributed by atoms with van der Waals surface area (Å²) < 4.78 is 5.23. The number of oxime groups is 1. The molecule has 0 radical (unpaired) electrons. The standard InChI is InChI=1S/C11H14ClN3O3/c12-8-1-3-9(4-2-8)18-7-11(16)14-6-5-10(13)15-17/h1-4,17H,5-7H2,(H2,13,15)(H,14,16). The van der Waals surface area contributed by atoms with E-state index in [4.69, 9.17) is 27.3 Å². The average Bonchev–Trinajstić information content (AvgIpc) is 2.38. The molecule has 6 nitrogen and oxygen atoms in total. The summed E-state index contributed by atoms with van der Waals surface area (Å²) in [5, 5.41) is 14.2. The number of carbonyl (C=O) groups is 1. The molecule has 0 saturated heterocycles. The Morgan fingerprint density at radius 1 is 1.44 bits per heavy atom. The predicted molar refractivity (Wildman–Crippen MR) is 68.0 cm³/mol. The van der Waals surface area contributed by atoms with Crippen LogP contribution in [0.1, 0.15) is 6.42 Å². The summed E-state index contributed by atoms with van der Waals surface area (Å²) in [6, 6.07) is 6.69. The molecule has 1 amide bonds. The van der Waals surface area contributed by atoms with Gasteiger partial charge in [-0.25, -0.2) is 0 Å². The van der Waals surface area contributed by atoms with Crippen molar-refractivity contribution in [2.24, 2.45) is 10.9 Å². The second kappa shape index (κ2) is 7.39. The first-order valence-corrected chi connectivity index (χ1v) is 5.61. The number of nitrogens with two attached hydrogens (primary N) is 1. The van der Waals surface area contributed by atoms with Crippen molar-refractivity contribution in [3.05, 3.63) is 29.3 Å². The molecule has 1 rings (SSSR count). The molecule has 0 saturated carbocycles. The van der Waals surface area contributed by atoms with Crippen LogP contribution < -0.4 is 15.8 Å². The molecule has 0 aliphatic carbocycles. The fraction of sp³-hybridized carbons (Fsp3) is 0.273. The zero-order valence-electron chi connectivity index (χ0n) is 9.60. The number of hydrogen-bond donors (Lipinski definition) is 3. The van der Waals surface area contributed by atoms with Crippen molar-refractivity contribution in [3.8, 4) is 5.75 Å². The molecule has 0 bridgehead atoms. The van der Waals surface area contributed by atoms with E-state index in [9.17, 15) is 4.79 Å². The number of amides is 1. The minimum atomic E-state index is -0.282. The number of ether oxygens (including phenoxy) is 1. The van der Waals surface area contributed by atoms with Crippen molar-refractivity contribution in [1.82, 2.24) is 5.32 Å². The van der Waals surface area contributed by atoms with Crippen molar-refractivity contribution in [1.29, 1.82) is 0 Å². The molecule has 0 aromatic heterocycles. The van der Waals surface area contributed by atoms with Crippen LogP contribution in [0.5, 0.6) is 5.75 Å². The highest BCUT2D eigenvalue weighted by atomic mass is 35.5. The third kappa shape index (κ3) is 5.40. The molecule has 0 aliphatic rings. The lowest BCUT2D eigenvalue weighted by atomic mass is 10.3. The molecule has 0 unspecified atom stereocenters. The van der Waals surface area contributed by atoms with E-state index in [1.54, 1.807) is 24.3 Å². The maximum absolute atomic E-state index is 11.3. The quantitative estimate of drug-likeness (QED) is 0.311. The van der Waals surface area contributed by atoms with Gasteiger partial charge in [0, 0.05) is 18.0 Å². The number of carbonyl (C=O) groups excluding carboxylic acids is 1. The van der Waals surface area contributed by atoms with Gasteiger partial charge in [0.2, 0.25) is 0 Å². The van der Waals surface area contributed by atoms with Gasteiger partial charge in [-0.2, -0.15) is 0 Å². The third-order valence-electron chi connectivity index (χ3n) is 2.02. The van der Waals surface area contributed by atoms with Crippen LogP contribution in [-0.2, 0) is 4.79 Å². The third-order valence-corrected chi connectivity index (χ3v) is 2.27. The van der Waals surface area contributed by atoms with Crippen LogP contribution in [0.2, 0.25) is 5.02 Å². The minimum absolute atomic E-state index is 0.0638. The molecule has 98 valence electrons. The number of hydrogen-bond acceptors (Lipinski definition) is 4. The Balaban J connectivity index is 2.23. The lowest BCUT2D eigenvalue weighted by molar-refractivity contribution is -0.123. The number of amidine groups is 1. The van der Waals surface area contributed by atoms with E-state index in [0.29, 0.717) is 17.3 Å². The first-order chi connectivity index (χ1) is 8.61. The van der Waals surface area contributed by atoms with Gasteiger partial charge in [0.15, 0.2) is 6.61 Å². The van der Waals surface area contributed by atoms with Crippen LogP contribution in [0.3, 0.4) is 0 Å². The number of rotatable bonds is 6. The zero-order chi connectivity index (χ0) is 13.4. The van der Waals surface area contributed by atoms with Crippen LogP contribution in [0.4, 0.5) is 0 Å². The van der Waals surface area contributed by atoms with E-state index in [-0.39, 0.29) is 24.8 Å². The van der Waals surface area contributed by atoms with E-state index >= 15 is 0 Å². The summed E-state index contributed by atoms with van der Waals surface area (Å²) in [5.74, 6) is 0.343. The highest BCUT2D eigenvalue weighted by molar-refractivity contribution is 6.30. The minimum Gasteiger partial charge on any atom is -0.484 e.